The van der Waals surface area contributed by atoms with Gasteiger partial charge in [-0.05, 0) is 53.8 Å². The number of halogens is 1. The summed E-state index contributed by atoms with van der Waals surface area (Å²) in [4.78, 5) is 16.0. The van der Waals surface area contributed by atoms with Crippen LogP contribution in [0.1, 0.15) is 15.9 Å². The first-order valence-electron chi connectivity index (χ1n) is 5.14. The molecule has 0 aliphatic heterocycles. The molecule has 0 unspecified atom stereocenters. The number of nitrogens with one attached hydrogen (secondary N) is 1. The number of anilines is 1. The second-order valence-corrected chi connectivity index (χ2v) is 4.84. The minimum absolute atomic E-state index is 0.109. The number of aromatic nitrogens is 1. The molecule has 1 aromatic carbocycles. The molecule has 2 rings (SSSR count). The van der Waals surface area contributed by atoms with E-state index in [0.29, 0.717) is 11.3 Å². The number of hydrogen-bond acceptors (Lipinski definition) is 2. The largest absolute Gasteiger partial charge is 0.321 e. The van der Waals surface area contributed by atoms with Gasteiger partial charge < -0.3 is 5.32 Å². The lowest BCUT2D eigenvalue weighted by Gasteiger charge is -2.06. The molecule has 2 aromatic rings. The molecule has 0 fully saturated rings. The van der Waals surface area contributed by atoms with Crippen LogP contribution in [-0.2, 0) is 0 Å². The molecule has 4 heteroatoms. The van der Waals surface area contributed by atoms with E-state index in [9.17, 15) is 4.79 Å². The molecule has 1 heterocycles. The molecule has 0 aliphatic rings. The van der Waals surface area contributed by atoms with Crippen LogP contribution in [0.5, 0.6) is 0 Å². The van der Waals surface area contributed by atoms with E-state index in [1.165, 1.54) is 0 Å². The van der Waals surface area contributed by atoms with Gasteiger partial charge in [-0.1, -0.05) is 11.6 Å². The molecule has 1 aromatic heterocycles. The first kappa shape index (κ1) is 12.0. The number of carbonyl (C=O) groups is 1. The molecule has 1 N–H and O–H groups in total. The van der Waals surface area contributed by atoms with Crippen molar-refractivity contribution >= 4 is 34.2 Å². The third-order valence-corrected chi connectivity index (χ3v) is 3.18. The quantitative estimate of drug-likeness (QED) is 0.854. The number of benzene rings is 1. The fourth-order valence-corrected chi connectivity index (χ4v) is 2.36. The number of carbonyl (C=O) groups excluding carboxylic acids is 1. The van der Waals surface area contributed by atoms with Gasteiger partial charge in [0.15, 0.2) is 0 Å². The standard InChI is InChI=1S/C13H11IN2O/c1-9-4-5-11(12(14)7-9)13(17)16-10-3-2-6-15-8-10/h2-8H,1H3,(H,16,17). The summed E-state index contributed by atoms with van der Waals surface area (Å²) >= 11 is 2.17. The van der Waals surface area contributed by atoms with Gasteiger partial charge in [0, 0.05) is 9.77 Å². The van der Waals surface area contributed by atoms with Crippen LogP contribution in [0, 0.1) is 10.5 Å². The number of hydrogen-bond donors (Lipinski definition) is 1. The van der Waals surface area contributed by atoms with Crippen LogP contribution in [0.4, 0.5) is 5.69 Å². The van der Waals surface area contributed by atoms with E-state index in [1.807, 2.05) is 31.2 Å². The van der Waals surface area contributed by atoms with E-state index < -0.39 is 0 Å². The van der Waals surface area contributed by atoms with Crippen LogP contribution in [-0.4, -0.2) is 10.9 Å². The SMILES string of the molecule is Cc1ccc(C(=O)Nc2cccnc2)c(I)c1. The van der Waals surface area contributed by atoms with Crippen molar-refractivity contribution in [2.24, 2.45) is 0 Å². The van der Waals surface area contributed by atoms with Gasteiger partial charge in [-0.25, -0.2) is 0 Å². The monoisotopic (exact) mass is 338 g/mol. The van der Waals surface area contributed by atoms with Crippen LogP contribution in [0.2, 0.25) is 0 Å². The molecule has 1 amide bonds. The minimum atomic E-state index is -0.109. The van der Waals surface area contributed by atoms with Crippen LogP contribution < -0.4 is 5.32 Å². The lowest BCUT2D eigenvalue weighted by Crippen LogP contribution is -2.13. The number of pyridine rings is 1. The van der Waals surface area contributed by atoms with Crippen molar-refractivity contribution in [2.45, 2.75) is 6.92 Å². The second-order valence-electron chi connectivity index (χ2n) is 3.68. The zero-order valence-corrected chi connectivity index (χ0v) is 11.4. The second kappa shape index (κ2) is 5.27. The highest BCUT2D eigenvalue weighted by Gasteiger charge is 2.09. The topological polar surface area (TPSA) is 42.0 Å². The zero-order chi connectivity index (χ0) is 12.3. The molecule has 0 aliphatic carbocycles. The lowest BCUT2D eigenvalue weighted by molar-refractivity contribution is 0.102. The smallest absolute Gasteiger partial charge is 0.256 e. The normalized spacial score (nSPS) is 10.0. The van der Waals surface area contributed by atoms with Crippen LogP contribution in [0.3, 0.4) is 0 Å². The number of aryl methyl sites for hydroxylation is 1. The van der Waals surface area contributed by atoms with Crippen LogP contribution in [0.15, 0.2) is 42.7 Å². The summed E-state index contributed by atoms with van der Waals surface area (Å²) in [6.45, 7) is 2.00. The molecule has 0 saturated carbocycles. The first-order chi connectivity index (χ1) is 8.16. The van der Waals surface area contributed by atoms with Gasteiger partial charge in [-0.3, -0.25) is 9.78 Å². The van der Waals surface area contributed by atoms with E-state index in [-0.39, 0.29) is 5.91 Å². The Balaban J connectivity index is 2.21. The number of nitrogens with zero attached hydrogens (tertiary/aromatic N) is 1. The number of amides is 1. The van der Waals surface area contributed by atoms with Gasteiger partial charge in [0.2, 0.25) is 0 Å². The molecule has 0 bridgehead atoms. The molecule has 0 spiro atoms. The molecule has 0 saturated heterocycles. The van der Waals surface area contributed by atoms with E-state index in [2.05, 4.69) is 32.9 Å². The average molecular weight is 338 g/mol. The van der Waals surface area contributed by atoms with Crippen LogP contribution in [0.25, 0.3) is 0 Å². The maximum Gasteiger partial charge on any atom is 0.256 e. The van der Waals surface area contributed by atoms with Gasteiger partial charge in [-0.15, -0.1) is 0 Å². The van der Waals surface area contributed by atoms with Crippen molar-refractivity contribution in [3.05, 3.63) is 57.4 Å². The Morgan fingerprint density at radius 3 is 2.82 bits per heavy atom. The van der Waals surface area contributed by atoms with Crippen molar-refractivity contribution in [2.75, 3.05) is 5.32 Å². The molecule has 0 atom stereocenters. The van der Waals surface area contributed by atoms with Crippen molar-refractivity contribution < 1.29 is 4.79 Å². The zero-order valence-electron chi connectivity index (χ0n) is 9.27. The lowest BCUT2D eigenvalue weighted by atomic mass is 10.1. The van der Waals surface area contributed by atoms with Crippen molar-refractivity contribution in [3.8, 4) is 0 Å². The third-order valence-electron chi connectivity index (χ3n) is 2.29. The highest BCUT2D eigenvalue weighted by Crippen LogP contribution is 2.16. The van der Waals surface area contributed by atoms with Crippen molar-refractivity contribution in [3.63, 3.8) is 0 Å². The summed E-state index contributed by atoms with van der Waals surface area (Å²) in [6.07, 6.45) is 3.30. The van der Waals surface area contributed by atoms with Gasteiger partial charge in [0.05, 0.1) is 17.4 Å². The molecule has 17 heavy (non-hydrogen) atoms. The van der Waals surface area contributed by atoms with Gasteiger partial charge in [0.1, 0.15) is 0 Å². The molecular formula is C13H11IN2O. The predicted molar refractivity (Wildman–Crippen MR) is 76.1 cm³/mol. The molecular weight excluding hydrogens is 327 g/mol. The Morgan fingerprint density at radius 1 is 1.35 bits per heavy atom. The molecule has 3 nitrogen and oxygen atoms in total. The Kier molecular flexibility index (Phi) is 3.73. The predicted octanol–water partition coefficient (Wildman–Crippen LogP) is 3.25. The fourth-order valence-electron chi connectivity index (χ4n) is 1.44. The Bertz CT molecular complexity index is 540. The highest BCUT2D eigenvalue weighted by atomic mass is 127. The summed E-state index contributed by atoms with van der Waals surface area (Å²) in [5.74, 6) is -0.109. The van der Waals surface area contributed by atoms with E-state index in [4.69, 9.17) is 0 Å². The summed E-state index contributed by atoms with van der Waals surface area (Å²) in [6, 6.07) is 9.35. The van der Waals surface area contributed by atoms with Crippen LogP contribution >= 0.6 is 22.6 Å². The number of rotatable bonds is 2. The summed E-state index contributed by atoms with van der Waals surface area (Å²) in [5.41, 5.74) is 2.53. The summed E-state index contributed by atoms with van der Waals surface area (Å²) < 4.78 is 0.948. The van der Waals surface area contributed by atoms with Crippen molar-refractivity contribution in [1.82, 2.24) is 4.98 Å². The van der Waals surface area contributed by atoms with E-state index in [0.717, 1.165) is 9.13 Å². The minimum Gasteiger partial charge on any atom is -0.321 e. The van der Waals surface area contributed by atoms with Gasteiger partial charge in [0.25, 0.3) is 5.91 Å². The maximum absolute atomic E-state index is 12.0. The third kappa shape index (κ3) is 3.03. The molecule has 86 valence electrons. The fraction of sp³-hybridized carbons (Fsp3) is 0.0769. The van der Waals surface area contributed by atoms with Gasteiger partial charge in [-0.2, -0.15) is 0 Å². The highest BCUT2D eigenvalue weighted by molar-refractivity contribution is 14.1. The average Bonchev–Trinajstić information content (AvgIpc) is 2.30. The summed E-state index contributed by atoms with van der Waals surface area (Å²) in [7, 11) is 0. The van der Waals surface area contributed by atoms with E-state index in [1.54, 1.807) is 18.5 Å². The van der Waals surface area contributed by atoms with Crippen molar-refractivity contribution in [1.29, 1.82) is 0 Å². The molecule has 0 radical (unpaired) electrons. The Morgan fingerprint density at radius 2 is 2.18 bits per heavy atom. The summed E-state index contributed by atoms with van der Waals surface area (Å²) in [5, 5.41) is 2.81. The Labute approximate surface area is 113 Å². The maximum atomic E-state index is 12.0. The first-order valence-corrected chi connectivity index (χ1v) is 6.22. The Hall–Kier alpha value is -1.43. The van der Waals surface area contributed by atoms with Gasteiger partial charge >= 0.3 is 0 Å². The van der Waals surface area contributed by atoms with E-state index >= 15 is 0 Å².